The van der Waals surface area contributed by atoms with Crippen molar-refractivity contribution in [1.82, 2.24) is 0 Å². The van der Waals surface area contributed by atoms with E-state index in [4.69, 9.17) is 9.84 Å². The van der Waals surface area contributed by atoms with Gasteiger partial charge in [-0.1, -0.05) is 34.1 Å². The second-order valence-corrected chi connectivity index (χ2v) is 5.59. The van der Waals surface area contributed by atoms with Crippen molar-refractivity contribution in [2.75, 3.05) is 7.11 Å². The van der Waals surface area contributed by atoms with Crippen LogP contribution in [0.3, 0.4) is 0 Å². The van der Waals surface area contributed by atoms with E-state index in [0.29, 0.717) is 25.7 Å². The smallest absolute Gasteiger partial charge is 0.336 e. The van der Waals surface area contributed by atoms with Crippen LogP contribution in [0.25, 0.3) is 0 Å². The third kappa shape index (κ3) is 3.57. The van der Waals surface area contributed by atoms with Gasteiger partial charge >= 0.3 is 11.9 Å². The van der Waals surface area contributed by atoms with Crippen molar-refractivity contribution in [1.29, 1.82) is 0 Å². The Bertz CT molecular complexity index is 343. The van der Waals surface area contributed by atoms with Gasteiger partial charge in [0.25, 0.3) is 0 Å². The Kier molecular flexibility index (Phi) is 7.93. The van der Waals surface area contributed by atoms with Crippen molar-refractivity contribution in [3.05, 3.63) is 0 Å². The Balaban J connectivity index is 5.84. The number of carbonyl (C=O) groups is 2. The van der Waals surface area contributed by atoms with Gasteiger partial charge in [-0.2, -0.15) is 0 Å². The first-order valence-electron chi connectivity index (χ1n) is 7.82. The Morgan fingerprint density at radius 2 is 1.57 bits per heavy atom. The number of ether oxygens (including phenoxy) is 1. The fourth-order valence-electron chi connectivity index (χ4n) is 4.05. The molecule has 0 bridgehead atoms. The van der Waals surface area contributed by atoms with Crippen LogP contribution in [0.15, 0.2) is 0 Å². The highest BCUT2D eigenvalue weighted by atomic mass is 16.5. The van der Waals surface area contributed by atoms with Crippen molar-refractivity contribution in [2.45, 2.75) is 71.8 Å². The molecule has 0 aliphatic rings. The number of carboxylic acid groups (broad SMARTS) is 2. The van der Waals surface area contributed by atoms with Crippen LogP contribution in [0, 0.1) is 11.3 Å². The molecule has 0 rings (SSSR count). The summed E-state index contributed by atoms with van der Waals surface area (Å²) in [6.07, 6.45) is 2.94. The van der Waals surface area contributed by atoms with Gasteiger partial charge in [-0.3, -0.25) is 4.79 Å². The number of rotatable bonds is 11. The zero-order chi connectivity index (χ0) is 16.7. The molecule has 0 aliphatic heterocycles. The molecule has 2 atom stereocenters. The summed E-state index contributed by atoms with van der Waals surface area (Å²) in [5.74, 6) is -1.80. The van der Waals surface area contributed by atoms with E-state index in [1.807, 2.05) is 27.7 Å². The minimum atomic E-state index is -1.27. The van der Waals surface area contributed by atoms with Gasteiger partial charge in [-0.15, -0.1) is 0 Å². The summed E-state index contributed by atoms with van der Waals surface area (Å²) in [6.45, 7) is 7.75. The molecule has 5 nitrogen and oxygen atoms in total. The predicted molar refractivity (Wildman–Crippen MR) is 81.3 cm³/mol. The summed E-state index contributed by atoms with van der Waals surface area (Å²) in [5, 5.41) is 18.7. The van der Waals surface area contributed by atoms with Gasteiger partial charge < -0.3 is 14.9 Å². The van der Waals surface area contributed by atoms with E-state index in [2.05, 4.69) is 0 Å². The SMILES string of the molecule is CCC(CCC(=O)O)C(CC)(CC)C(CC)(OC)C(=O)O. The first-order chi connectivity index (χ1) is 9.81. The summed E-state index contributed by atoms with van der Waals surface area (Å²) >= 11 is 0. The monoisotopic (exact) mass is 302 g/mol. The van der Waals surface area contributed by atoms with Crippen LogP contribution < -0.4 is 0 Å². The number of hydrogen-bond acceptors (Lipinski definition) is 3. The van der Waals surface area contributed by atoms with Crippen LogP contribution in [0.5, 0.6) is 0 Å². The molecule has 0 aromatic heterocycles. The molecule has 0 aliphatic carbocycles. The first-order valence-corrected chi connectivity index (χ1v) is 7.82. The molecule has 0 heterocycles. The molecule has 124 valence electrons. The van der Waals surface area contributed by atoms with Crippen LogP contribution in [-0.2, 0) is 14.3 Å². The molecule has 0 aromatic carbocycles. The minimum absolute atomic E-state index is 0.000370. The van der Waals surface area contributed by atoms with Gasteiger partial charge in [0, 0.05) is 18.9 Å². The van der Waals surface area contributed by atoms with E-state index in [-0.39, 0.29) is 12.3 Å². The van der Waals surface area contributed by atoms with Gasteiger partial charge in [-0.25, -0.2) is 4.79 Å². The number of hydrogen-bond donors (Lipinski definition) is 2. The van der Waals surface area contributed by atoms with E-state index in [1.165, 1.54) is 7.11 Å². The summed E-state index contributed by atoms with van der Waals surface area (Å²) in [7, 11) is 1.45. The van der Waals surface area contributed by atoms with Crippen LogP contribution in [0.2, 0.25) is 0 Å². The van der Waals surface area contributed by atoms with Crippen LogP contribution in [0.1, 0.15) is 66.2 Å². The molecular weight excluding hydrogens is 272 g/mol. The lowest BCUT2D eigenvalue weighted by molar-refractivity contribution is -0.195. The Hall–Kier alpha value is -1.10. The van der Waals surface area contributed by atoms with Crippen molar-refractivity contribution >= 4 is 11.9 Å². The molecule has 2 unspecified atom stereocenters. The molecule has 0 aromatic rings. The van der Waals surface area contributed by atoms with Gasteiger partial charge in [0.1, 0.15) is 0 Å². The lowest BCUT2D eigenvalue weighted by Gasteiger charge is -2.50. The lowest BCUT2D eigenvalue weighted by atomic mass is 9.57. The normalized spacial score (nSPS) is 16.2. The second kappa shape index (κ2) is 8.37. The van der Waals surface area contributed by atoms with Crippen LogP contribution >= 0.6 is 0 Å². The second-order valence-electron chi connectivity index (χ2n) is 5.59. The Morgan fingerprint density at radius 1 is 1.05 bits per heavy atom. The van der Waals surface area contributed by atoms with Crippen LogP contribution in [0.4, 0.5) is 0 Å². The maximum atomic E-state index is 12.0. The highest BCUT2D eigenvalue weighted by molar-refractivity contribution is 5.79. The third-order valence-corrected chi connectivity index (χ3v) is 5.24. The zero-order valence-electron chi connectivity index (χ0n) is 13.9. The Labute approximate surface area is 127 Å². The highest BCUT2D eigenvalue weighted by Gasteiger charge is 2.57. The van der Waals surface area contributed by atoms with E-state index >= 15 is 0 Å². The molecule has 0 amide bonds. The number of methoxy groups -OCH3 is 1. The quantitative estimate of drug-likeness (QED) is 0.609. The fraction of sp³-hybridized carbons (Fsp3) is 0.875. The highest BCUT2D eigenvalue weighted by Crippen LogP contribution is 2.51. The maximum absolute atomic E-state index is 12.0. The topological polar surface area (TPSA) is 83.8 Å². The average Bonchev–Trinajstić information content (AvgIpc) is 2.46. The largest absolute Gasteiger partial charge is 0.481 e. The summed E-state index contributed by atoms with van der Waals surface area (Å²) in [6, 6.07) is 0. The van der Waals surface area contributed by atoms with Gasteiger partial charge in [0.05, 0.1) is 0 Å². The van der Waals surface area contributed by atoms with E-state index in [9.17, 15) is 14.7 Å². The zero-order valence-corrected chi connectivity index (χ0v) is 13.9. The van der Waals surface area contributed by atoms with Gasteiger partial charge in [-0.05, 0) is 31.6 Å². The third-order valence-electron chi connectivity index (χ3n) is 5.24. The Morgan fingerprint density at radius 3 is 1.81 bits per heavy atom. The first kappa shape index (κ1) is 19.9. The van der Waals surface area contributed by atoms with Crippen molar-refractivity contribution in [3.63, 3.8) is 0 Å². The standard InChI is InChI=1S/C16H30O5/c1-6-12(10-11-13(17)18)15(7-2,8-3)16(9-4,21-5)14(19)20/h12H,6-11H2,1-5H3,(H,17,18)(H,19,20). The molecule has 5 heteroatoms. The molecule has 0 spiro atoms. The van der Waals surface area contributed by atoms with E-state index in [0.717, 1.165) is 6.42 Å². The lowest BCUT2D eigenvalue weighted by Crippen LogP contribution is -2.58. The minimum Gasteiger partial charge on any atom is -0.481 e. The summed E-state index contributed by atoms with van der Waals surface area (Å²) in [5.41, 5.74) is -1.83. The number of aliphatic carboxylic acids is 2. The molecule has 0 fully saturated rings. The summed E-state index contributed by atoms with van der Waals surface area (Å²) < 4.78 is 5.54. The van der Waals surface area contributed by atoms with Gasteiger partial charge in [0.2, 0.25) is 0 Å². The van der Waals surface area contributed by atoms with Crippen molar-refractivity contribution < 1.29 is 24.5 Å². The predicted octanol–water partition coefficient (Wildman–Crippen LogP) is 3.56. The molecule has 2 N–H and O–H groups in total. The molecule has 21 heavy (non-hydrogen) atoms. The van der Waals surface area contributed by atoms with E-state index in [1.54, 1.807) is 0 Å². The fourth-order valence-corrected chi connectivity index (χ4v) is 4.05. The molecular formula is C16H30O5. The van der Waals surface area contributed by atoms with E-state index < -0.39 is 23.0 Å². The average molecular weight is 302 g/mol. The molecule has 0 radical (unpaired) electrons. The molecule has 0 saturated carbocycles. The van der Waals surface area contributed by atoms with Crippen LogP contribution in [-0.4, -0.2) is 34.9 Å². The molecule has 0 saturated heterocycles. The maximum Gasteiger partial charge on any atom is 0.336 e. The van der Waals surface area contributed by atoms with Gasteiger partial charge in [0.15, 0.2) is 5.60 Å². The number of carboxylic acids is 2. The summed E-state index contributed by atoms with van der Waals surface area (Å²) in [4.78, 5) is 22.9. The van der Waals surface area contributed by atoms with Crippen molar-refractivity contribution in [3.8, 4) is 0 Å². The van der Waals surface area contributed by atoms with Crippen molar-refractivity contribution in [2.24, 2.45) is 11.3 Å².